The number of hydrogen-bond acceptors (Lipinski definition) is 3. The van der Waals surface area contributed by atoms with Gasteiger partial charge in [0.05, 0.1) is 17.6 Å². The number of benzene rings is 1. The van der Waals surface area contributed by atoms with Crippen molar-refractivity contribution in [2.75, 3.05) is 19.7 Å². The third-order valence-corrected chi connectivity index (χ3v) is 4.03. The summed E-state index contributed by atoms with van der Waals surface area (Å²) in [5.74, 6) is -0.417. The van der Waals surface area contributed by atoms with Crippen LogP contribution in [0, 0.1) is 5.41 Å². The molecule has 1 saturated heterocycles. The molecule has 0 aromatic heterocycles. The van der Waals surface area contributed by atoms with Crippen LogP contribution in [0.2, 0.25) is 0 Å². The van der Waals surface area contributed by atoms with Gasteiger partial charge in [0.25, 0.3) is 0 Å². The fraction of sp³-hybridized carbons (Fsp3) is 0.562. The predicted molar refractivity (Wildman–Crippen MR) is 76.3 cm³/mol. The Kier molecular flexibility index (Phi) is 5.11. The molecule has 1 aromatic carbocycles. The summed E-state index contributed by atoms with van der Waals surface area (Å²) in [6.07, 6.45) is -3.11. The molecule has 1 aliphatic rings. The molecule has 1 fully saturated rings. The lowest BCUT2D eigenvalue weighted by Gasteiger charge is -2.36. The second kappa shape index (κ2) is 6.69. The van der Waals surface area contributed by atoms with E-state index in [1.54, 1.807) is 13.0 Å². The van der Waals surface area contributed by atoms with Gasteiger partial charge in [0.1, 0.15) is 0 Å². The lowest BCUT2D eigenvalue weighted by Crippen LogP contribution is -2.48. The van der Waals surface area contributed by atoms with Crippen LogP contribution in [0.1, 0.15) is 30.9 Å². The van der Waals surface area contributed by atoms with E-state index in [1.807, 2.05) is 0 Å². The summed E-state index contributed by atoms with van der Waals surface area (Å²) in [5, 5.41) is 3.11. The Labute approximate surface area is 127 Å². The lowest BCUT2D eigenvalue weighted by molar-refractivity contribution is -0.157. The summed E-state index contributed by atoms with van der Waals surface area (Å²) >= 11 is 0. The number of ether oxygens (including phenoxy) is 1. The normalized spacial score (nSPS) is 22.4. The molecule has 1 atom stereocenters. The SMILES string of the molecule is CCOC(=O)[C@]1(Cc2ccccc2C(F)(F)F)CCCNC1. The van der Waals surface area contributed by atoms with Crippen molar-refractivity contribution in [3.63, 3.8) is 0 Å². The van der Waals surface area contributed by atoms with Gasteiger partial charge in [-0.1, -0.05) is 18.2 Å². The number of esters is 1. The summed E-state index contributed by atoms with van der Waals surface area (Å²) < 4.78 is 44.6. The van der Waals surface area contributed by atoms with Crippen LogP contribution in [0.15, 0.2) is 24.3 Å². The Morgan fingerprint density at radius 3 is 2.68 bits per heavy atom. The first-order chi connectivity index (χ1) is 10.4. The minimum atomic E-state index is -4.42. The zero-order chi connectivity index (χ0) is 16.2. The fourth-order valence-corrected chi connectivity index (χ4v) is 2.96. The zero-order valence-electron chi connectivity index (χ0n) is 12.5. The zero-order valence-corrected chi connectivity index (χ0v) is 12.5. The maximum atomic E-state index is 13.1. The van der Waals surface area contributed by atoms with Crippen LogP contribution in [0.25, 0.3) is 0 Å². The van der Waals surface area contributed by atoms with E-state index in [4.69, 9.17) is 4.74 Å². The number of halogens is 3. The molecule has 0 unspecified atom stereocenters. The van der Waals surface area contributed by atoms with Gasteiger partial charge in [0, 0.05) is 6.54 Å². The van der Waals surface area contributed by atoms with Crippen molar-refractivity contribution in [3.8, 4) is 0 Å². The van der Waals surface area contributed by atoms with E-state index >= 15 is 0 Å². The highest BCUT2D eigenvalue weighted by atomic mass is 19.4. The predicted octanol–water partition coefficient (Wildman–Crippen LogP) is 3.18. The molecule has 0 amide bonds. The van der Waals surface area contributed by atoms with Gasteiger partial charge < -0.3 is 10.1 Å². The highest BCUT2D eigenvalue weighted by Crippen LogP contribution is 2.38. The van der Waals surface area contributed by atoms with Crippen LogP contribution in [0.3, 0.4) is 0 Å². The highest BCUT2D eigenvalue weighted by molar-refractivity contribution is 5.78. The molecule has 1 aromatic rings. The Hall–Kier alpha value is -1.56. The monoisotopic (exact) mass is 315 g/mol. The topological polar surface area (TPSA) is 38.3 Å². The number of hydrogen-bond donors (Lipinski definition) is 1. The molecule has 1 heterocycles. The van der Waals surface area contributed by atoms with E-state index in [2.05, 4.69) is 5.32 Å². The van der Waals surface area contributed by atoms with E-state index in [-0.39, 0.29) is 18.6 Å². The molecule has 0 aliphatic carbocycles. The van der Waals surface area contributed by atoms with Gasteiger partial charge in [0.15, 0.2) is 0 Å². The number of piperidine rings is 1. The fourth-order valence-electron chi connectivity index (χ4n) is 2.96. The second-order valence-corrected chi connectivity index (χ2v) is 5.61. The van der Waals surface area contributed by atoms with Crippen molar-refractivity contribution in [3.05, 3.63) is 35.4 Å². The molecule has 22 heavy (non-hydrogen) atoms. The molecule has 0 spiro atoms. The van der Waals surface area contributed by atoms with E-state index in [9.17, 15) is 18.0 Å². The molecule has 0 bridgehead atoms. The molecular formula is C16H20F3NO2. The van der Waals surface area contributed by atoms with Crippen LogP contribution < -0.4 is 5.32 Å². The molecule has 0 radical (unpaired) electrons. The van der Waals surface area contributed by atoms with Gasteiger partial charge in [-0.2, -0.15) is 13.2 Å². The number of rotatable bonds is 4. The van der Waals surface area contributed by atoms with Gasteiger partial charge in [-0.25, -0.2) is 0 Å². The summed E-state index contributed by atoms with van der Waals surface area (Å²) in [6.45, 7) is 3.03. The number of alkyl halides is 3. The number of nitrogens with one attached hydrogen (secondary N) is 1. The molecule has 1 N–H and O–H groups in total. The quantitative estimate of drug-likeness (QED) is 0.867. The minimum Gasteiger partial charge on any atom is -0.466 e. The molecule has 3 nitrogen and oxygen atoms in total. The van der Waals surface area contributed by atoms with Crippen LogP contribution in [-0.2, 0) is 22.1 Å². The van der Waals surface area contributed by atoms with Gasteiger partial charge in [-0.05, 0) is 44.4 Å². The minimum absolute atomic E-state index is 0.0362. The van der Waals surface area contributed by atoms with Crippen molar-refractivity contribution in [1.29, 1.82) is 0 Å². The molecule has 1 aliphatic heterocycles. The average Bonchev–Trinajstić information content (AvgIpc) is 2.48. The maximum absolute atomic E-state index is 13.1. The number of carbonyl (C=O) groups excluding carboxylic acids is 1. The number of carbonyl (C=O) groups is 1. The smallest absolute Gasteiger partial charge is 0.416 e. The van der Waals surface area contributed by atoms with Gasteiger partial charge in [-0.3, -0.25) is 4.79 Å². The van der Waals surface area contributed by atoms with Crippen molar-refractivity contribution >= 4 is 5.97 Å². The van der Waals surface area contributed by atoms with Crippen molar-refractivity contribution in [2.24, 2.45) is 5.41 Å². The third kappa shape index (κ3) is 3.61. The van der Waals surface area contributed by atoms with Gasteiger partial charge in [-0.15, -0.1) is 0 Å². The summed E-state index contributed by atoms with van der Waals surface area (Å²) in [6, 6.07) is 5.44. The Bertz CT molecular complexity index is 522. The van der Waals surface area contributed by atoms with Crippen molar-refractivity contribution < 1.29 is 22.7 Å². The molecular weight excluding hydrogens is 295 g/mol. The standard InChI is InChI=1S/C16H20F3NO2/c1-2-22-14(21)15(8-5-9-20-11-15)10-12-6-3-4-7-13(12)16(17,18)19/h3-4,6-7,20H,2,5,8-11H2,1H3/t15-/m0/s1. The van der Waals surface area contributed by atoms with Crippen LogP contribution in [0.5, 0.6) is 0 Å². The van der Waals surface area contributed by atoms with E-state index < -0.39 is 23.1 Å². The maximum Gasteiger partial charge on any atom is 0.416 e. The Morgan fingerprint density at radius 1 is 1.36 bits per heavy atom. The molecule has 6 heteroatoms. The summed E-state index contributed by atoms with van der Waals surface area (Å²) in [5.41, 5.74) is -1.45. The van der Waals surface area contributed by atoms with E-state index in [0.717, 1.165) is 19.0 Å². The van der Waals surface area contributed by atoms with Crippen molar-refractivity contribution in [1.82, 2.24) is 5.32 Å². The Balaban J connectivity index is 2.34. The first-order valence-electron chi connectivity index (χ1n) is 7.42. The van der Waals surface area contributed by atoms with E-state index in [1.165, 1.54) is 12.1 Å². The highest BCUT2D eigenvalue weighted by Gasteiger charge is 2.43. The second-order valence-electron chi connectivity index (χ2n) is 5.61. The Morgan fingerprint density at radius 2 is 2.09 bits per heavy atom. The first kappa shape index (κ1) is 16.8. The first-order valence-corrected chi connectivity index (χ1v) is 7.42. The molecule has 0 saturated carbocycles. The van der Waals surface area contributed by atoms with E-state index in [0.29, 0.717) is 13.0 Å². The van der Waals surface area contributed by atoms with Crippen LogP contribution >= 0.6 is 0 Å². The van der Waals surface area contributed by atoms with Gasteiger partial charge in [0.2, 0.25) is 0 Å². The van der Waals surface area contributed by atoms with Gasteiger partial charge >= 0.3 is 12.1 Å². The third-order valence-electron chi connectivity index (χ3n) is 4.03. The van der Waals surface area contributed by atoms with Crippen LogP contribution in [0.4, 0.5) is 13.2 Å². The molecule has 2 rings (SSSR count). The lowest BCUT2D eigenvalue weighted by atomic mass is 9.75. The molecule has 122 valence electrons. The van der Waals surface area contributed by atoms with Crippen LogP contribution in [-0.4, -0.2) is 25.7 Å². The van der Waals surface area contributed by atoms with Crippen molar-refractivity contribution in [2.45, 2.75) is 32.4 Å². The largest absolute Gasteiger partial charge is 0.466 e. The summed E-state index contributed by atoms with van der Waals surface area (Å²) in [7, 11) is 0. The summed E-state index contributed by atoms with van der Waals surface area (Å²) in [4.78, 5) is 12.3. The average molecular weight is 315 g/mol.